The van der Waals surface area contributed by atoms with Gasteiger partial charge in [-0.15, -0.1) is 11.3 Å². The summed E-state index contributed by atoms with van der Waals surface area (Å²) < 4.78 is 2.19. The normalized spacial score (nSPS) is 18.6. The van der Waals surface area contributed by atoms with E-state index in [1.54, 1.807) is 11.3 Å². The number of piperidine rings is 1. The third-order valence-electron chi connectivity index (χ3n) is 4.24. The van der Waals surface area contributed by atoms with Gasteiger partial charge in [0.2, 0.25) is 5.91 Å². The van der Waals surface area contributed by atoms with Crippen molar-refractivity contribution in [3.63, 3.8) is 0 Å². The first-order valence-electron chi connectivity index (χ1n) is 7.88. The van der Waals surface area contributed by atoms with Crippen LogP contribution in [-0.4, -0.2) is 38.4 Å². The van der Waals surface area contributed by atoms with E-state index in [-0.39, 0.29) is 5.91 Å². The Balaban J connectivity index is 1.64. The number of nitrogens with zero attached hydrogens (tertiary/aromatic N) is 4. The van der Waals surface area contributed by atoms with Crippen LogP contribution in [0.2, 0.25) is 0 Å². The number of imidazole rings is 1. The molecule has 1 atom stereocenters. The minimum Gasteiger partial charge on any atom is -0.340 e. The number of hydrogen-bond donors (Lipinski definition) is 0. The van der Waals surface area contributed by atoms with Gasteiger partial charge in [0.05, 0.1) is 23.2 Å². The number of likely N-dealkylation sites (tertiary alicyclic amines) is 1. The first kappa shape index (κ1) is 15.2. The van der Waals surface area contributed by atoms with Crippen molar-refractivity contribution in [3.8, 4) is 0 Å². The van der Waals surface area contributed by atoms with E-state index < -0.39 is 0 Å². The largest absolute Gasteiger partial charge is 0.340 e. The van der Waals surface area contributed by atoms with Crippen molar-refractivity contribution in [2.45, 2.75) is 45.6 Å². The molecule has 0 spiro atoms. The molecule has 5 nitrogen and oxygen atoms in total. The first-order chi connectivity index (χ1) is 10.7. The molecule has 0 saturated carbocycles. The average Bonchev–Trinajstić information content (AvgIpc) is 3.16. The Kier molecular flexibility index (Phi) is 4.57. The first-order valence-corrected chi connectivity index (χ1v) is 8.75. The van der Waals surface area contributed by atoms with E-state index in [9.17, 15) is 4.79 Å². The third kappa shape index (κ3) is 3.21. The van der Waals surface area contributed by atoms with Crippen molar-refractivity contribution in [2.75, 3.05) is 13.1 Å². The summed E-state index contributed by atoms with van der Waals surface area (Å²) in [6, 6.07) is 0.349. The van der Waals surface area contributed by atoms with Crippen molar-refractivity contribution in [1.29, 1.82) is 0 Å². The molecule has 0 unspecified atom stereocenters. The lowest BCUT2D eigenvalue weighted by Gasteiger charge is -2.34. The summed E-state index contributed by atoms with van der Waals surface area (Å²) in [4.78, 5) is 23.3. The Hall–Kier alpha value is -1.69. The quantitative estimate of drug-likeness (QED) is 0.871. The van der Waals surface area contributed by atoms with Crippen molar-refractivity contribution >= 4 is 17.2 Å². The molecule has 0 N–H and O–H groups in total. The maximum atomic E-state index is 12.5. The molecule has 0 aromatic carbocycles. The van der Waals surface area contributed by atoms with Crippen LogP contribution in [0.15, 0.2) is 17.8 Å². The van der Waals surface area contributed by atoms with E-state index in [1.165, 1.54) is 0 Å². The lowest BCUT2D eigenvalue weighted by molar-refractivity contribution is -0.132. The van der Waals surface area contributed by atoms with Gasteiger partial charge in [-0.05, 0) is 26.2 Å². The molecule has 2 aromatic heterocycles. The molecule has 1 amide bonds. The van der Waals surface area contributed by atoms with Crippen LogP contribution >= 0.6 is 11.3 Å². The fourth-order valence-corrected chi connectivity index (χ4v) is 3.79. The summed E-state index contributed by atoms with van der Waals surface area (Å²) >= 11 is 1.64. The van der Waals surface area contributed by atoms with Crippen LogP contribution in [0.25, 0.3) is 0 Å². The standard InChI is InChI=1S/C16H22N4OS/c1-3-15-18-13(11-22-15)9-16(21)19-7-4-5-14(10-19)20-8-6-17-12(20)2/h6,8,11,14H,3-5,7,9-10H2,1-2H3/t14-/m0/s1. The van der Waals surface area contributed by atoms with Crippen LogP contribution in [0.1, 0.15) is 42.3 Å². The molecule has 1 fully saturated rings. The van der Waals surface area contributed by atoms with E-state index in [1.807, 2.05) is 29.6 Å². The van der Waals surface area contributed by atoms with Gasteiger partial charge in [-0.2, -0.15) is 0 Å². The SMILES string of the molecule is CCc1nc(CC(=O)N2CCC[C@H](n3ccnc3C)C2)cs1. The lowest BCUT2D eigenvalue weighted by atomic mass is 10.0. The number of thiazole rings is 1. The van der Waals surface area contributed by atoms with Gasteiger partial charge in [0.1, 0.15) is 5.82 Å². The summed E-state index contributed by atoms with van der Waals surface area (Å²) in [7, 11) is 0. The fraction of sp³-hybridized carbons (Fsp3) is 0.562. The van der Waals surface area contributed by atoms with E-state index >= 15 is 0 Å². The van der Waals surface area contributed by atoms with Gasteiger partial charge in [-0.1, -0.05) is 6.92 Å². The smallest absolute Gasteiger partial charge is 0.228 e. The molecule has 0 bridgehead atoms. The predicted octanol–water partition coefficient (Wildman–Crippen LogP) is 2.62. The topological polar surface area (TPSA) is 51.0 Å². The van der Waals surface area contributed by atoms with Gasteiger partial charge in [-0.25, -0.2) is 9.97 Å². The number of rotatable bonds is 4. The van der Waals surface area contributed by atoms with E-state index in [4.69, 9.17) is 0 Å². The van der Waals surface area contributed by atoms with Crippen molar-refractivity contribution < 1.29 is 4.79 Å². The monoisotopic (exact) mass is 318 g/mol. The van der Waals surface area contributed by atoms with Gasteiger partial charge in [0, 0.05) is 30.9 Å². The van der Waals surface area contributed by atoms with Gasteiger partial charge in [0.15, 0.2) is 0 Å². The highest BCUT2D eigenvalue weighted by molar-refractivity contribution is 7.09. The molecule has 22 heavy (non-hydrogen) atoms. The molecule has 0 radical (unpaired) electrons. The second-order valence-electron chi connectivity index (χ2n) is 5.78. The molecular formula is C16H22N4OS. The Morgan fingerprint density at radius 1 is 1.50 bits per heavy atom. The lowest BCUT2D eigenvalue weighted by Crippen LogP contribution is -2.41. The number of amides is 1. The summed E-state index contributed by atoms with van der Waals surface area (Å²) in [5, 5.41) is 3.12. The molecule has 1 aliphatic rings. The highest BCUT2D eigenvalue weighted by atomic mass is 32.1. The molecule has 1 aliphatic heterocycles. The zero-order chi connectivity index (χ0) is 15.5. The summed E-state index contributed by atoms with van der Waals surface area (Å²) in [6.07, 6.45) is 7.36. The van der Waals surface area contributed by atoms with Crippen LogP contribution in [0.3, 0.4) is 0 Å². The Labute approximate surface area is 135 Å². The second-order valence-corrected chi connectivity index (χ2v) is 6.72. The third-order valence-corrected chi connectivity index (χ3v) is 5.28. The molecule has 1 saturated heterocycles. The summed E-state index contributed by atoms with van der Waals surface area (Å²) in [5.74, 6) is 1.21. The van der Waals surface area contributed by atoms with Gasteiger partial charge < -0.3 is 9.47 Å². The number of carbonyl (C=O) groups excluding carboxylic acids is 1. The fourth-order valence-electron chi connectivity index (χ4n) is 3.04. The molecule has 0 aliphatic carbocycles. The molecule has 3 heterocycles. The predicted molar refractivity (Wildman–Crippen MR) is 87.0 cm³/mol. The minimum atomic E-state index is 0.190. The van der Waals surface area contributed by atoms with E-state index in [0.717, 1.165) is 48.9 Å². The average molecular weight is 318 g/mol. The Bertz CT molecular complexity index is 648. The number of aryl methyl sites for hydroxylation is 2. The highest BCUT2D eigenvalue weighted by Crippen LogP contribution is 2.23. The Morgan fingerprint density at radius 2 is 2.36 bits per heavy atom. The summed E-state index contributed by atoms with van der Waals surface area (Å²) in [5.41, 5.74) is 0.910. The minimum absolute atomic E-state index is 0.190. The maximum absolute atomic E-state index is 12.5. The van der Waals surface area contributed by atoms with Crippen LogP contribution in [-0.2, 0) is 17.6 Å². The van der Waals surface area contributed by atoms with Crippen LogP contribution in [0.5, 0.6) is 0 Å². The van der Waals surface area contributed by atoms with Crippen molar-refractivity contribution in [1.82, 2.24) is 19.4 Å². The van der Waals surface area contributed by atoms with E-state index in [0.29, 0.717) is 12.5 Å². The number of hydrogen-bond acceptors (Lipinski definition) is 4. The van der Waals surface area contributed by atoms with Gasteiger partial charge >= 0.3 is 0 Å². The second kappa shape index (κ2) is 6.60. The van der Waals surface area contributed by atoms with Crippen LogP contribution in [0, 0.1) is 6.92 Å². The molecular weight excluding hydrogens is 296 g/mol. The van der Waals surface area contributed by atoms with Crippen molar-refractivity contribution in [3.05, 3.63) is 34.3 Å². The molecule has 3 rings (SSSR count). The number of aromatic nitrogens is 3. The zero-order valence-corrected chi connectivity index (χ0v) is 14.0. The summed E-state index contributed by atoms with van der Waals surface area (Å²) in [6.45, 7) is 5.74. The Morgan fingerprint density at radius 3 is 3.05 bits per heavy atom. The van der Waals surface area contributed by atoms with Crippen LogP contribution < -0.4 is 0 Å². The number of carbonyl (C=O) groups is 1. The van der Waals surface area contributed by atoms with E-state index in [2.05, 4.69) is 21.5 Å². The zero-order valence-electron chi connectivity index (χ0n) is 13.2. The maximum Gasteiger partial charge on any atom is 0.228 e. The molecule has 6 heteroatoms. The van der Waals surface area contributed by atoms with Gasteiger partial charge in [0.25, 0.3) is 0 Å². The molecule has 2 aromatic rings. The van der Waals surface area contributed by atoms with Crippen LogP contribution in [0.4, 0.5) is 0 Å². The molecule has 118 valence electrons. The highest BCUT2D eigenvalue weighted by Gasteiger charge is 2.25. The van der Waals surface area contributed by atoms with Crippen molar-refractivity contribution in [2.24, 2.45) is 0 Å². The van der Waals surface area contributed by atoms with Gasteiger partial charge in [-0.3, -0.25) is 4.79 Å².